The fraction of sp³-hybridized carbons (Fsp3) is 0.448. The molecule has 2 fully saturated rings. The van der Waals surface area contributed by atoms with Crippen molar-refractivity contribution in [1.29, 1.82) is 0 Å². The number of benzene rings is 2. The molecule has 1 saturated heterocycles. The van der Waals surface area contributed by atoms with Gasteiger partial charge in [0.2, 0.25) is 24.5 Å². The molecule has 2 atom stereocenters. The van der Waals surface area contributed by atoms with Gasteiger partial charge in [0, 0.05) is 31.2 Å². The van der Waals surface area contributed by atoms with Crippen molar-refractivity contribution in [1.82, 2.24) is 15.1 Å². The number of hydrogen-bond donors (Lipinski definition) is 2. The van der Waals surface area contributed by atoms with Gasteiger partial charge in [-0.1, -0.05) is 30.5 Å². The van der Waals surface area contributed by atoms with E-state index in [4.69, 9.17) is 25.8 Å². The molecule has 2 heterocycles. The Kier molecular flexibility index (Phi) is 8.82. The molecule has 2 aromatic carbocycles. The summed E-state index contributed by atoms with van der Waals surface area (Å²) in [6.45, 7) is 0.414. The maximum Gasteiger partial charge on any atom is 0.327 e. The minimum Gasteiger partial charge on any atom is -0.495 e. The molecule has 3 aliphatic rings. The third-order valence-corrected chi connectivity index (χ3v) is 7.95. The number of halogens is 1. The van der Waals surface area contributed by atoms with Gasteiger partial charge in [0.15, 0.2) is 11.5 Å². The molecule has 41 heavy (non-hydrogen) atoms. The largest absolute Gasteiger partial charge is 0.495 e. The van der Waals surface area contributed by atoms with Crippen LogP contribution in [0.5, 0.6) is 17.2 Å². The fourth-order valence-corrected chi connectivity index (χ4v) is 5.85. The number of methoxy groups -OCH3 is 1. The topological polar surface area (TPSA) is 127 Å². The monoisotopic (exact) mass is 584 g/mol. The summed E-state index contributed by atoms with van der Waals surface area (Å²) in [4.78, 5) is 54.9. The van der Waals surface area contributed by atoms with Gasteiger partial charge in [0.1, 0.15) is 12.3 Å². The zero-order valence-corrected chi connectivity index (χ0v) is 23.6. The van der Waals surface area contributed by atoms with E-state index in [9.17, 15) is 19.2 Å². The number of carbonyl (C=O) groups excluding carboxylic acids is 4. The van der Waals surface area contributed by atoms with E-state index in [0.717, 1.165) is 18.4 Å². The lowest BCUT2D eigenvalue weighted by molar-refractivity contribution is -0.142. The number of amides is 5. The fourth-order valence-electron chi connectivity index (χ4n) is 5.59. The number of rotatable bonds is 10. The predicted molar refractivity (Wildman–Crippen MR) is 150 cm³/mol. The number of urea groups is 1. The molecule has 1 saturated carbocycles. The highest BCUT2D eigenvalue weighted by atomic mass is 35.5. The standard InChI is InChI=1S/C29H33ClN4O7/c1-39-23-11-9-19(14-21(23)30)32-27(36)16-34-22-6-3-2-5-20(22)28(37)33(29(34)38)12-4-7-26(35)31-15-18-8-10-24-25(13-18)41-17-40-24/h8-11,13-14,20,22H,2-7,12,15-17H2,1H3,(H,31,35)(H,32,36). The highest BCUT2D eigenvalue weighted by Crippen LogP contribution is 2.35. The number of nitrogens with zero attached hydrogens (tertiary/aromatic N) is 2. The molecule has 2 aromatic rings. The first-order valence-corrected chi connectivity index (χ1v) is 14.1. The van der Waals surface area contributed by atoms with Crippen LogP contribution < -0.4 is 24.8 Å². The van der Waals surface area contributed by atoms with Crippen molar-refractivity contribution in [2.75, 3.05) is 32.3 Å². The number of fused-ring (bicyclic) bond motifs is 2. The number of anilines is 1. The lowest BCUT2D eigenvalue weighted by atomic mass is 9.81. The Labute approximate surface area is 243 Å². The van der Waals surface area contributed by atoms with E-state index in [1.807, 2.05) is 12.1 Å². The molecule has 12 heteroatoms. The van der Waals surface area contributed by atoms with Gasteiger partial charge in [0.25, 0.3) is 0 Å². The van der Waals surface area contributed by atoms with Crippen molar-refractivity contribution < 1.29 is 33.4 Å². The van der Waals surface area contributed by atoms with Gasteiger partial charge in [-0.25, -0.2) is 4.79 Å². The molecule has 5 rings (SSSR count). The lowest BCUT2D eigenvalue weighted by Gasteiger charge is -2.46. The normalized spacial score (nSPS) is 19.6. The first-order valence-electron chi connectivity index (χ1n) is 13.7. The summed E-state index contributed by atoms with van der Waals surface area (Å²) in [5.74, 6) is 0.643. The molecule has 5 amide bonds. The Hall–Kier alpha value is -3.99. The van der Waals surface area contributed by atoms with Crippen LogP contribution in [0, 0.1) is 5.92 Å². The molecule has 11 nitrogen and oxygen atoms in total. The quantitative estimate of drug-likeness (QED) is 0.433. The molecule has 0 radical (unpaired) electrons. The van der Waals surface area contributed by atoms with Crippen molar-refractivity contribution in [3.63, 3.8) is 0 Å². The van der Waals surface area contributed by atoms with Crippen LogP contribution >= 0.6 is 11.6 Å². The number of hydrogen-bond acceptors (Lipinski definition) is 7. The van der Waals surface area contributed by atoms with Crippen LogP contribution in [0.4, 0.5) is 10.5 Å². The van der Waals surface area contributed by atoms with E-state index in [2.05, 4.69) is 10.6 Å². The average molecular weight is 585 g/mol. The van der Waals surface area contributed by atoms with Gasteiger partial charge in [-0.2, -0.15) is 0 Å². The van der Waals surface area contributed by atoms with Gasteiger partial charge in [-0.15, -0.1) is 0 Å². The van der Waals surface area contributed by atoms with Crippen LogP contribution in [0.15, 0.2) is 36.4 Å². The molecule has 0 spiro atoms. The number of ether oxygens (including phenoxy) is 3. The zero-order valence-electron chi connectivity index (χ0n) is 22.8. The summed E-state index contributed by atoms with van der Waals surface area (Å²) in [6.07, 6.45) is 3.56. The lowest BCUT2D eigenvalue weighted by Crippen LogP contribution is -2.63. The number of imide groups is 1. The van der Waals surface area contributed by atoms with Crippen molar-refractivity contribution in [3.8, 4) is 17.2 Å². The molecule has 1 aliphatic carbocycles. The molecule has 0 bridgehead atoms. The van der Waals surface area contributed by atoms with Crippen molar-refractivity contribution in [2.24, 2.45) is 5.92 Å². The van der Waals surface area contributed by atoms with Gasteiger partial charge < -0.3 is 29.7 Å². The van der Waals surface area contributed by atoms with E-state index in [0.29, 0.717) is 53.8 Å². The molecule has 2 aliphatic heterocycles. The first-order chi connectivity index (χ1) is 19.8. The molecule has 0 aromatic heterocycles. The summed E-state index contributed by atoms with van der Waals surface area (Å²) < 4.78 is 15.8. The summed E-state index contributed by atoms with van der Waals surface area (Å²) in [7, 11) is 1.50. The second-order valence-corrected chi connectivity index (χ2v) is 10.7. The molecular weight excluding hydrogens is 552 g/mol. The van der Waals surface area contributed by atoms with E-state index in [-0.39, 0.29) is 56.0 Å². The van der Waals surface area contributed by atoms with Gasteiger partial charge in [-0.05, 0) is 55.2 Å². The second-order valence-electron chi connectivity index (χ2n) is 10.3. The van der Waals surface area contributed by atoms with Gasteiger partial charge >= 0.3 is 6.03 Å². The Bertz CT molecular complexity index is 1340. The highest BCUT2D eigenvalue weighted by Gasteiger charge is 2.47. The Morgan fingerprint density at radius 3 is 2.66 bits per heavy atom. The van der Waals surface area contributed by atoms with Gasteiger partial charge in [0.05, 0.1) is 18.1 Å². The summed E-state index contributed by atoms with van der Waals surface area (Å²) >= 11 is 6.17. The van der Waals surface area contributed by atoms with Crippen LogP contribution in [0.25, 0.3) is 0 Å². The van der Waals surface area contributed by atoms with Crippen molar-refractivity contribution >= 4 is 41.0 Å². The Morgan fingerprint density at radius 1 is 1.05 bits per heavy atom. The van der Waals surface area contributed by atoms with E-state index < -0.39 is 6.03 Å². The van der Waals surface area contributed by atoms with Crippen LogP contribution in [0.3, 0.4) is 0 Å². The summed E-state index contributed by atoms with van der Waals surface area (Å²) in [5, 5.41) is 5.99. The van der Waals surface area contributed by atoms with Crippen molar-refractivity contribution in [2.45, 2.75) is 51.1 Å². The maximum absolute atomic E-state index is 13.5. The van der Waals surface area contributed by atoms with E-state index in [1.54, 1.807) is 24.3 Å². The molecule has 2 N–H and O–H groups in total. The third-order valence-electron chi connectivity index (χ3n) is 7.65. The maximum atomic E-state index is 13.5. The molecular formula is C29H33ClN4O7. The second kappa shape index (κ2) is 12.7. The molecule has 2 unspecified atom stereocenters. The van der Waals surface area contributed by atoms with Crippen LogP contribution in [0.1, 0.15) is 44.1 Å². The van der Waals surface area contributed by atoms with Crippen LogP contribution in [-0.2, 0) is 20.9 Å². The number of nitrogens with one attached hydrogen (secondary N) is 2. The minimum atomic E-state index is -0.498. The average Bonchev–Trinajstić information content (AvgIpc) is 3.44. The minimum absolute atomic E-state index is 0.102. The van der Waals surface area contributed by atoms with E-state index >= 15 is 0 Å². The SMILES string of the molecule is COc1ccc(NC(=O)CN2C(=O)N(CCCC(=O)NCc3ccc4c(c3)OCO4)C(=O)C3CCCCC32)cc1Cl. The Balaban J connectivity index is 1.16. The summed E-state index contributed by atoms with van der Waals surface area (Å²) in [5.41, 5.74) is 1.35. The molecule has 218 valence electrons. The smallest absolute Gasteiger partial charge is 0.327 e. The van der Waals surface area contributed by atoms with Crippen molar-refractivity contribution in [3.05, 3.63) is 47.0 Å². The Morgan fingerprint density at radius 2 is 1.85 bits per heavy atom. The number of carbonyl (C=O) groups is 4. The third kappa shape index (κ3) is 6.51. The van der Waals surface area contributed by atoms with Crippen LogP contribution in [0.2, 0.25) is 5.02 Å². The zero-order chi connectivity index (χ0) is 28.9. The predicted octanol–water partition coefficient (Wildman–Crippen LogP) is 3.94. The van der Waals surface area contributed by atoms with Gasteiger partial charge in [-0.3, -0.25) is 19.3 Å². The highest BCUT2D eigenvalue weighted by molar-refractivity contribution is 6.32. The van der Waals surface area contributed by atoms with E-state index in [1.165, 1.54) is 16.9 Å². The summed E-state index contributed by atoms with van der Waals surface area (Å²) in [6, 6.07) is 9.54. The first kappa shape index (κ1) is 28.5. The van der Waals surface area contributed by atoms with Crippen LogP contribution in [-0.4, -0.2) is 66.6 Å².